The number of nitrogens with zero attached hydrogens (tertiary/aromatic N) is 2. The molecule has 1 aromatic carbocycles. The molecule has 6 nitrogen and oxygen atoms in total. The molecule has 2 amide bonds. The highest BCUT2D eigenvalue weighted by Crippen LogP contribution is 2.23. The van der Waals surface area contributed by atoms with Crippen molar-refractivity contribution in [1.82, 2.24) is 9.88 Å². The minimum absolute atomic E-state index is 0. The summed E-state index contributed by atoms with van der Waals surface area (Å²) in [6.45, 7) is 0.573. The molecule has 1 unspecified atom stereocenters. The number of nitrogens with one attached hydrogen (secondary N) is 1. The predicted molar refractivity (Wildman–Crippen MR) is 100 cm³/mol. The third kappa shape index (κ3) is 4.37. The fourth-order valence-corrected chi connectivity index (χ4v) is 3.13. The van der Waals surface area contributed by atoms with E-state index in [4.69, 9.17) is 5.73 Å². The number of rotatable bonds is 3. The first-order valence-electron chi connectivity index (χ1n) is 7.02. The SMILES string of the molecule is Cl.Cl.Nc1cccc(C(=O)N2CCCC2C(=O)Nc2nccs2)c1. The number of nitrogen functional groups attached to an aromatic ring is 1. The van der Waals surface area contributed by atoms with E-state index in [1.807, 2.05) is 0 Å². The van der Waals surface area contributed by atoms with E-state index >= 15 is 0 Å². The zero-order valence-electron chi connectivity index (χ0n) is 12.7. The van der Waals surface area contributed by atoms with Crippen LogP contribution in [0.25, 0.3) is 0 Å². The zero-order chi connectivity index (χ0) is 15.5. The molecule has 1 fully saturated rings. The average molecular weight is 389 g/mol. The van der Waals surface area contributed by atoms with Gasteiger partial charge in [0, 0.05) is 29.4 Å². The summed E-state index contributed by atoms with van der Waals surface area (Å²) >= 11 is 1.35. The monoisotopic (exact) mass is 388 g/mol. The number of thiazole rings is 1. The number of amides is 2. The van der Waals surface area contributed by atoms with Crippen LogP contribution in [0.5, 0.6) is 0 Å². The van der Waals surface area contributed by atoms with E-state index in [-0.39, 0.29) is 36.6 Å². The van der Waals surface area contributed by atoms with Crippen molar-refractivity contribution in [3.63, 3.8) is 0 Å². The van der Waals surface area contributed by atoms with Crippen LogP contribution < -0.4 is 11.1 Å². The molecule has 3 rings (SSSR count). The largest absolute Gasteiger partial charge is 0.399 e. The molecule has 24 heavy (non-hydrogen) atoms. The Morgan fingerprint density at radius 1 is 1.33 bits per heavy atom. The van der Waals surface area contributed by atoms with Gasteiger partial charge in [-0.15, -0.1) is 36.2 Å². The summed E-state index contributed by atoms with van der Waals surface area (Å²) < 4.78 is 0. The molecule has 9 heteroatoms. The molecular weight excluding hydrogens is 371 g/mol. The van der Waals surface area contributed by atoms with Gasteiger partial charge in [-0.1, -0.05) is 6.07 Å². The number of carbonyl (C=O) groups is 2. The number of hydrogen-bond acceptors (Lipinski definition) is 5. The van der Waals surface area contributed by atoms with E-state index in [1.165, 1.54) is 11.3 Å². The molecule has 0 radical (unpaired) electrons. The van der Waals surface area contributed by atoms with Crippen LogP contribution in [0.1, 0.15) is 23.2 Å². The Hall–Kier alpha value is -1.83. The maximum atomic E-state index is 12.6. The number of halogens is 2. The van der Waals surface area contributed by atoms with Crippen molar-refractivity contribution in [2.75, 3.05) is 17.6 Å². The second-order valence-electron chi connectivity index (χ2n) is 5.11. The van der Waals surface area contributed by atoms with E-state index in [2.05, 4.69) is 10.3 Å². The molecular formula is C15H18Cl2N4O2S. The number of carbonyl (C=O) groups excluding carboxylic acids is 2. The first-order chi connectivity index (χ1) is 10.6. The Morgan fingerprint density at radius 3 is 2.79 bits per heavy atom. The average Bonchev–Trinajstić information content (AvgIpc) is 3.17. The van der Waals surface area contributed by atoms with Crippen LogP contribution in [0.3, 0.4) is 0 Å². The lowest BCUT2D eigenvalue weighted by Crippen LogP contribution is -2.43. The fraction of sp³-hybridized carbons (Fsp3) is 0.267. The summed E-state index contributed by atoms with van der Waals surface area (Å²) in [5.41, 5.74) is 6.77. The van der Waals surface area contributed by atoms with Crippen molar-refractivity contribution in [3.05, 3.63) is 41.4 Å². The topological polar surface area (TPSA) is 88.3 Å². The molecule has 1 aliphatic rings. The van der Waals surface area contributed by atoms with E-state index in [1.54, 1.807) is 40.7 Å². The Morgan fingerprint density at radius 2 is 2.12 bits per heavy atom. The lowest BCUT2D eigenvalue weighted by atomic mass is 10.1. The molecule has 1 atom stereocenters. The van der Waals surface area contributed by atoms with Crippen LogP contribution in [0.4, 0.5) is 10.8 Å². The summed E-state index contributed by atoms with van der Waals surface area (Å²) in [7, 11) is 0. The number of hydrogen-bond donors (Lipinski definition) is 2. The maximum Gasteiger partial charge on any atom is 0.254 e. The van der Waals surface area contributed by atoms with Crippen LogP contribution >= 0.6 is 36.2 Å². The molecule has 0 spiro atoms. The van der Waals surface area contributed by atoms with E-state index in [9.17, 15) is 9.59 Å². The van der Waals surface area contributed by atoms with Gasteiger partial charge in [-0.3, -0.25) is 9.59 Å². The van der Waals surface area contributed by atoms with E-state index < -0.39 is 6.04 Å². The van der Waals surface area contributed by atoms with Gasteiger partial charge in [-0.2, -0.15) is 0 Å². The fourth-order valence-electron chi connectivity index (χ4n) is 2.59. The zero-order valence-corrected chi connectivity index (χ0v) is 15.1. The Labute approximate surface area is 156 Å². The first-order valence-corrected chi connectivity index (χ1v) is 7.90. The summed E-state index contributed by atoms with van der Waals surface area (Å²) in [6.07, 6.45) is 3.10. The Kier molecular flexibility index (Phi) is 7.47. The van der Waals surface area contributed by atoms with Gasteiger partial charge in [-0.05, 0) is 31.0 Å². The minimum atomic E-state index is -0.460. The highest BCUT2D eigenvalue weighted by molar-refractivity contribution is 7.13. The van der Waals surface area contributed by atoms with Crippen molar-refractivity contribution < 1.29 is 9.59 Å². The molecule has 3 N–H and O–H groups in total. The normalized spacial score (nSPS) is 16.0. The van der Waals surface area contributed by atoms with Gasteiger partial charge in [-0.25, -0.2) is 4.98 Å². The van der Waals surface area contributed by atoms with E-state index in [0.717, 1.165) is 6.42 Å². The van der Waals surface area contributed by atoms with Crippen molar-refractivity contribution in [1.29, 1.82) is 0 Å². The highest BCUT2D eigenvalue weighted by Gasteiger charge is 2.34. The number of likely N-dealkylation sites (tertiary alicyclic amines) is 1. The highest BCUT2D eigenvalue weighted by atomic mass is 35.5. The van der Waals surface area contributed by atoms with Gasteiger partial charge in [0.1, 0.15) is 6.04 Å². The van der Waals surface area contributed by atoms with Crippen LogP contribution in [0, 0.1) is 0 Å². The van der Waals surface area contributed by atoms with E-state index in [0.29, 0.717) is 29.3 Å². The Bertz CT molecular complexity index is 697. The third-order valence-corrected chi connectivity index (χ3v) is 4.30. The second kappa shape index (κ2) is 8.86. The summed E-state index contributed by atoms with van der Waals surface area (Å²) in [5, 5.41) is 5.10. The van der Waals surface area contributed by atoms with Crippen molar-refractivity contribution in [3.8, 4) is 0 Å². The van der Waals surface area contributed by atoms with Crippen molar-refractivity contribution >= 4 is 58.8 Å². The molecule has 130 valence electrons. The van der Waals surface area contributed by atoms with Crippen LogP contribution in [0.15, 0.2) is 35.8 Å². The maximum absolute atomic E-state index is 12.6. The molecule has 0 aliphatic carbocycles. The molecule has 2 aromatic rings. The second-order valence-corrected chi connectivity index (χ2v) is 6.00. The van der Waals surface area contributed by atoms with Crippen molar-refractivity contribution in [2.24, 2.45) is 0 Å². The van der Waals surface area contributed by atoms with Gasteiger partial charge < -0.3 is 16.0 Å². The lowest BCUT2D eigenvalue weighted by Gasteiger charge is -2.23. The summed E-state index contributed by atoms with van der Waals surface area (Å²) in [6, 6.07) is 6.36. The van der Waals surface area contributed by atoms with Crippen LogP contribution in [-0.2, 0) is 4.79 Å². The molecule has 1 aliphatic heterocycles. The molecule has 1 aromatic heterocycles. The summed E-state index contributed by atoms with van der Waals surface area (Å²) in [5.74, 6) is -0.353. The van der Waals surface area contributed by atoms with Crippen LogP contribution in [0.2, 0.25) is 0 Å². The molecule has 0 saturated carbocycles. The molecule has 2 heterocycles. The number of anilines is 2. The lowest BCUT2D eigenvalue weighted by molar-refractivity contribution is -0.119. The first kappa shape index (κ1) is 20.2. The van der Waals surface area contributed by atoms with Gasteiger partial charge in [0.05, 0.1) is 0 Å². The predicted octanol–water partition coefficient (Wildman–Crippen LogP) is 2.81. The van der Waals surface area contributed by atoms with Gasteiger partial charge in [0.15, 0.2) is 5.13 Å². The third-order valence-electron chi connectivity index (χ3n) is 3.61. The van der Waals surface area contributed by atoms with Gasteiger partial charge in [0.25, 0.3) is 5.91 Å². The van der Waals surface area contributed by atoms with Crippen molar-refractivity contribution in [2.45, 2.75) is 18.9 Å². The minimum Gasteiger partial charge on any atom is -0.399 e. The molecule has 1 saturated heterocycles. The van der Waals surface area contributed by atoms with Gasteiger partial charge in [0.2, 0.25) is 5.91 Å². The number of aromatic nitrogens is 1. The number of nitrogens with two attached hydrogens (primary N) is 1. The van der Waals surface area contributed by atoms with Crippen LogP contribution in [-0.4, -0.2) is 34.3 Å². The smallest absolute Gasteiger partial charge is 0.254 e. The summed E-state index contributed by atoms with van der Waals surface area (Å²) in [4.78, 5) is 30.6. The number of benzene rings is 1. The quantitative estimate of drug-likeness (QED) is 0.791. The standard InChI is InChI=1S/C15H16N4O2S.2ClH/c16-11-4-1-3-10(9-11)14(21)19-7-2-5-12(19)13(20)18-15-17-6-8-22-15;;/h1,3-4,6,8-9,12H,2,5,7,16H2,(H,17,18,20);2*1H. The van der Waals surface area contributed by atoms with Gasteiger partial charge >= 0.3 is 0 Å². The Balaban J connectivity index is 0.00000144. The molecule has 0 bridgehead atoms.